The van der Waals surface area contributed by atoms with Gasteiger partial charge in [0.2, 0.25) is 10.0 Å². The van der Waals surface area contributed by atoms with Gasteiger partial charge >= 0.3 is 0 Å². The van der Waals surface area contributed by atoms with Crippen molar-refractivity contribution in [2.45, 2.75) is 21.4 Å². The van der Waals surface area contributed by atoms with Crippen molar-refractivity contribution >= 4 is 39.3 Å². The molecule has 0 saturated carbocycles. The molecule has 0 unspecified atom stereocenters. The summed E-state index contributed by atoms with van der Waals surface area (Å²) in [5.74, 6) is -0.293. The van der Waals surface area contributed by atoms with Crippen molar-refractivity contribution < 1.29 is 13.2 Å². The lowest BCUT2D eigenvalue weighted by Gasteiger charge is -2.10. The largest absolute Gasteiger partial charge is 0.348 e. The van der Waals surface area contributed by atoms with E-state index in [1.165, 1.54) is 23.9 Å². The molecule has 0 bridgehead atoms. The molecule has 0 aliphatic carbocycles. The Kier molecular flexibility index (Phi) is 6.35. The minimum atomic E-state index is -3.74. The van der Waals surface area contributed by atoms with Crippen LogP contribution in [0.4, 0.5) is 0 Å². The Morgan fingerprint density at radius 3 is 2.46 bits per heavy atom. The van der Waals surface area contributed by atoms with Crippen LogP contribution in [0.1, 0.15) is 15.9 Å². The molecule has 3 rings (SSSR count). The second kappa shape index (κ2) is 8.74. The molecule has 3 aromatic rings. The van der Waals surface area contributed by atoms with E-state index in [2.05, 4.69) is 10.3 Å². The Morgan fingerprint density at radius 2 is 1.79 bits per heavy atom. The number of sulfonamides is 1. The lowest BCUT2D eigenvalue weighted by atomic mass is 10.2. The number of carbonyl (C=O) groups excluding carboxylic acids is 1. The van der Waals surface area contributed by atoms with Crippen LogP contribution in [-0.2, 0) is 16.6 Å². The minimum absolute atomic E-state index is 0.0215. The van der Waals surface area contributed by atoms with Gasteiger partial charge in [0.1, 0.15) is 5.03 Å². The Bertz CT molecular complexity index is 1100. The maximum Gasteiger partial charge on any atom is 0.254 e. The maximum absolute atomic E-state index is 12.6. The first-order valence-corrected chi connectivity index (χ1v) is 10.9. The van der Waals surface area contributed by atoms with Crippen LogP contribution in [-0.4, -0.2) is 19.3 Å². The van der Waals surface area contributed by atoms with Crippen LogP contribution in [0.3, 0.4) is 0 Å². The summed E-state index contributed by atoms with van der Waals surface area (Å²) in [6.07, 6.45) is 1.61. The topological polar surface area (TPSA) is 102 Å². The van der Waals surface area contributed by atoms with Crippen molar-refractivity contribution in [3.8, 4) is 0 Å². The number of amides is 1. The molecule has 1 heterocycles. The predicted octanol–water partition coefficient (Wildman–Crippen LogP) is 3.46. The fraction of sp³-hybridized carbons (Fsp3) is 0.0526. The molecule has 144 valence electrons. The Labute approximate surface area is 172 Å². The SMILES string of the molecule is NS(=O)(=O)c1ccc(CNC(=O)c2cccnc2Sc2ccccc2Cl)cc1. The van der Waals surface area contributed by atoms with Crippen molar-refractivity contribution in [1.82, 2.24) is 10.3 Å². The van der Waals surface area contributed by atoms with Crippen molar-refractivity contribution in [2.24, 2.45) is 5.14 Å². The second-order valence-corrected chi connectivity index (χ2v) is 8.76. The highest BCUT2D eigenvalue weighted by atomic mass is 35.5. The van der Waals surface area contributed by atoms with E-state index in [1.807, 2.05) is 18.2 Å². The van der Waals surface area contributed by atoms with Crippen LogP contribution < -0.4 is 10.5 Å². The second-order valence-electron chi connectivity index (χ2n) is 5.76. The maximum atomic E-state index is 12.6. The van der Waals surface area contributed by atoms with Crippen LogP contribution in [0.2, 0.25) is 5.02 Å². The molecule has 1 amide bonds. The predicted molar refractivity (Wildman–Crippen MR) is 109 cm³/mol. The van der Waals surface area contributed by atoms with E-state index in [0.717, 1.165) is 10.5 Å². The summed E-state index contributed by atoms with van der Waals surface area (Å²) in [6, 6.07) is 16.7. The molecule has 3 N–H and O–H groups in total. The van der Waals surface area contributed by atoms with Gasteiger partial charge in [-0.1, -0.05) is 47.6 Å². The summed E-state index contributed by atoms with van der Waals surface area (Å²) in [4.78, 5) is 17.7. The van der Waals surface area contributed by atoms with E-state index in [1.54, 1.807) is 36.5 Å². The van der Waals surface area contributed by atoms with Crippen molar-refractivity contribution in [2.75, 3.05) is 0 Å². The first-order valence-electron chi connectivity index (χ1n) is 8.12. The molecule has 0 aliphatic heterocycles. The van der Waals surface area contributed by atoms with Crippen LogP contribution in [0.15, 0.2) is 81.7 Å². The summed E-state index contributed by atoms with van der Waals surface area (Å²) >= 11 is 7.50. The molecule has 0 saturated heterocycles. The van der Waals surface area contributed by atoms with Gasteiger partial charge in [-0.2, -0.15) is 0 Å². The Balaban J connectivity index is 1.72. The van der Waals surface area contributed by atoms with Gasteiger partial charge in [0.15, 0.2) is 0 Å². The van der Waals surface area contributed by atoms with E-state index in [4.69, 9.17) is 16.7 Å². The highest BCUT2D eigenvalue weighted by Gasteiger charge is 2.14. The first-order chi connectivity index (χ1) is 13.3. The number of rotatable bonds is 6. The van der Waals surface area contributed by atoms with Gasteiger partial charge in [-0.3, -0.25) is 4.79 Å². The summed E-state index contributed by atoms with van der Waals surface area (Å²) in [7, 11) is -3.74. The van der Waals surface area contributed by atoms with Crippen molar-refractivity contribution in [3.63, 3.8) is 0 Å². The number of nitrogens with one attached hydrogen (secondary N) is 1. The number of hydrogen-bond donors (Lipinski definition) is 2. The average molecular weight is 434 g/mol. The molecular formula is C19H16ClN3O3S2. The summed E-state index contributed by atoms with van der Waals surface area (Å²) in [6.45, 7) is 0.231. The van der Waals surface area contributed by atoms with Gasteiger partial charge in [-0.15, -0.1) is 0 Å². The van der Waals surface area contributed by atoms with Gasteiger partial charge in [0.05, 0.1) is 15.5 Å². The molecule has 0 fully saturated rings. The summed E-state index contributed by atoms with van der Waals surface area (Å²) < 4.78 is 22.6. The molecule has 9 heteroatoms. The van der Waals surface area contributed by atoms with Crippen molar-refractivity contribution in [3.05, 3.63) is 83.0 Å². The van der Waals surface area contributed by atoms with Gasteiger partial charge in [-0.25, -0.2) is 18.5 Å². The summed E-state index contributed by atoms with van der Waals surface area (Å²) in [5.41, 5.74) is 1.17. The third-order valence-electron chi connectivity index (χ3n) is 3.76. The van der Waals surface area contributed by atoms with E-state index >= 15 is 0 Å². The number of nitrogens with zero attached hydrogens (tertiary/aromatic N) is 1. The summed E-state index contributed by atoms with van der Waals surface area (Å²) in [5, 5.41) is 9.01. The monoisotopic (exact) mass is 433 g/mol. The molecular weight excluding hydrogens is 418 g/mol. The average Bonchev–Trinajstić information content (AvgIpc) is 2.68. The van der Waals surface area contributed by atoms with Crippen LogP contribution >= 0.6 is 23.4 Å². The fourth-order valence-electron chi connectivity index (χ4n) is 2.35. The molecule has 0 radical (unpaired) electrons. The molecule has 0 atom stereocenters. The standard InChI is InChI=1S/C19H16ClN3O3S2/c20-16-5-1-2-6-17(16)27-19-15(4-3-11-22-19)18(24)23-12-13-7-9-14(10-8-13)28(21,25)26/h1-11H,12H2,(H,23,24)(H2,21,25,26). The van der Waals surface area contributed by atoms with E-state index < -0.39 is 10.0 Å². The number of primary sulfonamides is 1. The van der Waals surface area contributed by atoms with Crippen molar-refractivity contribution in [1.29, 1.82) is 0 Å². The number of halogens is 1. The quantitative estimate of drug-likeness (QED) is 0.619. The zero-order valence-corrected chi connectivity index (χ0v) is 16.9. The van der Waals surface area contributed by atoms with Gasteiger partial charge in [0.25, 0.3) is 5.91 Å². The number of benzene rings is 2. The van der Waals surface area contributed by atoms with E-state index in [0.29, 0.717) is 15.6 Å². The van der Waals surface area contributed by atoms with Crippen LogP contribution in [0.25, 0.3) is 0 Å². The third-order valence-corrected chi connectivity index (χ3v) is 6.23. The third kappa shape index (κ3) is 5.11. The number of aromatic nitrogens is 1. The number of carbonyl (C=O) groups is 1. The highest BCUT2D eigenvalue weighted by molar-refractivity contribution is 7.99. The molecule has 0 spiro atoms. The number of hydrogen-bond acceptors (Lipinski definition) is 5. The Hall–Kier alpha value is -2.39. The smallest absolute Gasteiger partial charge is 0.254 e. The van der Waals surface area contributed by atoms with Gasteiger partial charge < -0.3 is 5.32 Å². The zero-order valence-electron chi connectivity index (χ0n) is 14.5. The van der Waals surface area contributed by atoms with E-state index in [9.17, 15) is 13.2 Å². The van der Waals surface area contributed by atoms with E-state index in [-0.39, 0.29) is 17.3 Å². The first kappa shape index (κ1) is 20.3. The zero-order chi connectivity index (χ0) is 20.1. The fourth-order valence-corrected chi connectivity index (χ4v) is 4.02. The lowest BCUT2D eigenvalue weighted by molar-refractivity contribution is 0.0947. The molecule has 28 heavy (non-hydrogen) atoms. The minimum Gasteiger partial charge on any atom is -0.348 e. The van der Waals surface area contributed by atoms with Crippen LogP contribution in [0, 0.1) is 0 Å². The molecule has 2 aromatic carbocycles. The Morgan fingerprint density at radius 1 is 1.07 bits per heavy atom. The highest BCUT2D eigenvalue weighted by Crippen LogP contribution is 2.33. The number of nitrogens with two attached hydrogens (primary N) is 1. The molecule has 1 aromatic heterocycles. The van der Waals surface area contributed by atoms with Gasteiger partial charge in [0, 0.05) is 17.6 Å². The molecule has 0 aliphatic rings. The molecule has 6 nitrogen and oxygen atoms in total. The lowest BCUT2D eigenvalue weighted by Crippen LogP contribution is -2.23. The normalized spacial score (nSPS) is 11.2. The van der Waals surface area contributed by atoms with Crippen LogP contribution in [0.5, 0.6) is 0 Å². The number of pyridine rings is 1. The van der Waals surface area contributed by atoms with Gasteiger partial charge in [-0.05, 0) is 42.0 Å².